The SMILES string of the molecule is CCc1ccccc1C(=O)Nc1cc(Cl)cc(C(=O)O)c1. The van der Waals surface area contributed by atoms with Crippen molar-refractivity contribution >= 4 is 29.2 Å². The third kappa shape index (κ3) is 3.61. The maximum atomic E-state index is 12.3. The van der Waals surface area contributed by atoms with Crippen LogP contribution >= 0.6 is 11.6 Å². The lowest BCUT2D eigenvalue weighted by Gasteiger charge is -2.10. The minimum atomic E-state index is -1.10. The van der Waals surface area contributed by atoms with Gasteiger partial charge in [0.05, 0.1) is 5.56 Å². The zero-order chi connectivity index (χ0) is 15.4. The Hall–Kier alpha value is -2.33. The molecule has 0 aliphatic heterocycles. The predicted octanol–water partition coefficient (Wildman–Crippen LogP) is 3.85. The van der Waals surface area contributed by atoms with E-state index in [9.17, 15) is 9.59 Å². The first-order valence-corrected chi connectivity index (χ1v) is 6.82. The summed E-state index contributed by atoms with van der Waals surface area (Å²) in [5.74, 6) is -1.38. The highest BCUT2D eigenvalue weighted by atomic mass is 35.5. The normalized spacial score (nSPS) is 10.2. The molecule has 108 valence electrons. The molecule has 0 atom stereocenters. The molecule has 0 heterocycles. The van der Waals surface area contributed by atoms with E-state index >= 15 is 0 Å². The summed E-state index contributed by atoms with van der Waals surface area (Å²) in [6, 6.07) is 11.5. The Morgan fingerprint density at radius 1 is 1.19 bits per heavy atom. The molecule has 0 saturated heterocycles. The Labute approximate surface area is 127 Å². The van der Waals surface area contributed by atoms with Crippen LogP contribution in [0, 0.1) is 0 Å². The van der Waals surface area contributed by atoms with Crippen LogP contribution in [0.3, 0.4) is 0 Å². The van der Waals surface area contributed by atoms with Gasteiger partial charge < -0.3 is 10.4 Å². The molecule has 5 heteroatoms. The van der Waals surface area contributed by atoms with Gasteiger partial charge in [-0.2, -0.15) is 0 Å². The Bertz CT molecular complexity index is 698. The smallest absolute Gasteiger partial charge is 0.335 e. The van der Waals surface area contributed by atoms with E-state index in [1.165, 1.54) is 18.2 Å². The number of hydrogen-bond acceptors (Lipinski definition) is 2. The van der Waals surface area contributed by atoms with Crippen molar-refractivity contribution in [3.63, 3.8) is 0 Å². The van der Waals surface area contributed by atoms with Crippen molar-refractivity contribution in [2.75, 3.05) is 5.32 Å². The van der Waals surface area contributed by atoms with E-state index in [0.29, 0.717) is 11.3 Å². The van der Waals surface area contributed by atoms with E-state index in [4.69, 9.17) is 16.7 Å². The molecule has 0 radical (unpaired) electrons. The molecule has 2 rings (SSSR count). The third-order valence-electron chi connectivity index (χ3n) is 3.05. The second-order valence-electron chi connectivity index (χ2n) is 4.50. The van der Waals surface area contributed by atoms with Gasteiger partial charge in [-0.25, -0.2) is 4.79 Å². The third-order valence-corrected chi connectivity index (χ3v) is 3.26. The van der Waals surface area contributed by atoms with Gasteiger partial charge in [0.15, 0.2) is 0 Å². The highest BCUT2D eigenvalue weighted by Gasteiger charge is 2.12. The lowest BCUT2D eigenvalue weighted by Crippen LogP contribution is -2.14. The molecule has 0 bridgehead atoms. The fraction of sp³-hybridized carbons (Fsp3) is 0.125. The number of carbonyl (C=O) groups excluding carboxylic acids is 1. The van der Waals surface area contributed by atoms with Crippen molar-refractivity contribution in [1.29, 1.82) is 0 Å². The van der Waals surface area contributed by atoms with Gasteiger partial charge in [0.25, 0.3) is 5.91 Å². The summed E-state index contributed by atoms with van der Waals surface area (Å²) in [6.07, 6.45) is 0.736. The molecule has 0 spiro atoms. The molecule has 4 nitrogen and oxygen atoms in total. The molecule has 0 unspecified atom stereocenters. The number of carboxylic acid groups (broad SMARTS) is 1. The quantitative estimate of drug-likeness (QED) is 0.901. The molecule has 0 aliphatic carbocycles. The van der Waals surface area contributed by atoms with Crippen LogP contribution in [0.15, 0.2) is 42.5 Å². The number of nitrogens with one attached hydrogen (secondary N) is 1. The summed E-state index contributed by atoms with van der Waals surface area (Å²) in [7, 11) is 0. The summed E-state index contributed by atoms with van der Waals surface area (Å²) in [4.78, 5) is 23.3. The van der Waals surface area contributed by atoms with Gasteiger partial charge in [-0.05, 0) is 36.2 Å². The Morgan fingerprint density at radius 2 is 1.90 bits per heavy atom. The largest absolute Gasteiger partial charge is 0.478 e. The number of halogens is 1. The van der Waals surface area contributed by atoms with Crippen molar-refractivity contribution in [2.45, 2.75) is 13.3 Å². The number of hydrogen-bond donors (Lipinski definition) is 2. The molecule has 0 fully saturated rings. The molecule has 0 saturated carbocycles. The topological polar surface area (TPSA) is 66.4 Å². The van der Waals surface area contributed by atoms with E-state index in [0.717, 1.165) is 12.0 Å². The first kappa shape index (κ1) is 15.1. The summed E-state index contributed by atoms with van der Waals surface area (Å²) >= 11 is 5.87. The van der Waals surface area contributed by atoms with Gasteiger partial charge in [0.2, 0.25) is 0 Å². The molecule has 2 N–H and O–H groups in total. The van der Waals surface area contributed by atoms with Crippen molar-refractivity contribution in [3.8, 4) is 0 Å². The zero-order valence-electron chi connectivity index (χ0n) is 11.4. The number of carboxylic acids is 1. The highest BCUT2D eigenvalue weighted by molar-refractivity contribution is 6.31. The fourth-order valence-corrected chi connectivity index (χ4v) is 2.27. The van der Waals surface area contributed by atoms with Crippen LogP contribution < -0.4 is 5.32 Å². The minimum absolute atomic E-state index is 0.0292. The molecule has 0 aromatic heterocycles. The molecular weight excluding hydrogens is 290 g/mol. The molecule has 2 aromatic carbocycles. The molecule has 2 aromatic rings. The van der Waals surface area contributed by atoms with E-state index < -0.39 is 5.97 Å². The average Bonchev–Trinajstić information content (AvgIpc) is 2.46. The Morgan fingerprint density at radius 3 is 2.57 bits per heavy atom. The lowest BCUT2D eigenvalue weighted by atomic mass is 10.0. The van der Waals surface area contributed by atoms with Crippen molar-refractivity contribution in [2.24, 2.45) is 0 Å². The second-order valence-corrected chi connectivity index (χ2v) is 4.93. The number of amides is 1. The zero-order valence-corrected chi connectivity index (χ0v) is 12.1. The molecule has 21 heavy (non-hydrogen) atoms. The number of carbonyl (C=O) groups is 2. The van der Waals surface area contributed by atoms with Crippen LogP contribution in [0.25, 0.3) is 0 Å². The van der Waals surface area contributed by atoms with Gasteiger partial charge in [0.1, 0.15) is 0 Å². The van der Waals surface area contributed by atoms with Crippen molar-refractivity contribution in [3.05, 3.63) is 64.2 Å². The van der Waals surface area contributed by atoms with Gasteiger partial charge in [-0.3, -0.25) is 4.79 Å². The summed E-state index contributed by atoms with van der Waals surface area (Å²) in [5, 5.41) is 11.9. The summed E-state index contributed by atoms with van der Waals surface area (Å²) < 4.78 is 0. The van der Waals surface area contributed by atoms with E-state index in [1.54, 1.807) is 12.1 Å². The number of aryl methyl sites for hydroxylation is 1. The molecule has 1 amide bonds. The maximum absolute atomic E-state index is 12.3. The first-order chi connectivity index (χ1) is 10.0. The lowest BCUT2D eigenvalue weighted by molar-refractivity contribution is 0.0696. The van der Waals surface area contributed by atoms with E-state index in [1.807, 2.05) is 19.1 Å². The van der Waals surface area contributed by atoms with Crippen LogP contribution in [-0.2, 0) is 6.42 Å². The number of anilines is 1. The Balaban J connectivity index is 2.29. The monoisotopic (exact) mass is 303 g/mol. The number of benzene rings is 2. The number of aromatic carboxylic acids is 1. The van der Waals surface area contributed by atoms with Crippen LogP contribution in [0.5, 0.6) is 0 Å². The summed E-state index contributed by atoms with van der Waals surface area (Å²) in [5.41, 5.74) is 1.88. The van der Waals surface area contributed by atoms with E-state index in [-0.39, 0.29) is 16.5 Å². The van der Waals surface area contributed by atoms with Crippen molar-refractivity contribution < 1.29 is 14.7 Å². The standard InChI is InChI=1S/C16H14ClNO3/c1-2-10-5-3-4-6-14(10)15(19)18-13-8-11(16(20)21)7-12(17)9-13/h3-9H,2H2,1H3,(H,18,19)(H,20,21). The highest BCUT2D eigenvalue weighted by Crippen LogP contribution is 2.20. The van der Waals surface area contributed by atoms with Crippen LogP contribution in [0.1, 0.15) is 33.2 Å². The van der Waals surface area contributed by atoms with Crippen LogP contribution in [-0.4, -0.2) is 17.0 Å². The van der Waals surface area contributed by atoms with E-state index in [2.05, 4.69) is 5.32 Å². The first-order valence-electron chi connectivity index (χ1n) is 6.44. The van der Waals surface area contributed by atoms with Gasteiger partial charge in [-0.15, -0.1) is 0 Å². The summed E-state index contributed by atoms with van der Waals surface area (Å²) in [6.45, 7) is 1.97. The Kier molecular flexibility index (Phi) is 4.60. The van der Waals surface area contributed by atoms with Gasteiger partial charge >= 0.3 is 5.97 Å². The molecule has 0 aliphatic rings. The number of rotatable bonds is 4. The predicted molar refractivity (Wildman–Crippen MR) is 82.2 cm³/mol. The molecular formula is C16H14ClNO3. The minimum Gasteiger partial charge on any atom is -0.478 e. The fourth-order valence-electron chi connectivity index (χ4n) is 2.03. The van der Waals surface area contributed by atoms with Gasteiger partial charge in [-0.1, -0.05) is 36.7 Å². The van der Waals surface area contributed by atoms with Crippen molar-refractivity contribution in [1.82, 2.24) is 0 Å². The second kappa shape index (κ2) is 6.41. The maximum Gasteiger partial charge on any atom is 0.335 e. The van der Waals surface area contributed by atoms with Crippen LogP contribution in [0.4, 0.5) is 5.69 Å². The van der Waals surface area contributed by atoms with Crippen LogP contribution in [0.2, 0.25) is 5.02 Å². The van der Waals surface area contributed by atoms with Gasteiger partial charge in [0, 0.05) is 16.3 Å². The average molecular weight is 304 g/mol.